The Morgan fingerprint density at radius 1 is 1.10 bits per heavy atom. The van der Waals surface area contributed by atoms with E-state index in [1.54, 1.807) is 0 Å². The Hall–Kier alpha value is -2.86. The third-order valence-corrected chi connectivity index (χ3v) is 2.81. The molecule has 0 fully saturated rings. The zero-order chi connectivity index (χ0) is 15.2. The molecule has 0 bridgehead atoms. The molecule has 0 spiro atoms. The lowest BCUT2D eigenvalue weighted by Gasteiger charge is -2.11. The standard InChI is InChI=1S/C15H13NO5/c17-14(16-20)12-8-11(15(18)19)6-7-13(12)21-9-10-4-2-1-3-5-10/h1-8,20H,9H2,(H,16,17)(H,18,19). The van der Waals surface area contributed by atoms with Crippen molar-refractivity contribution in [3.05, 3.63) is 65.2 Å². The molecule has 0 atom stereocenters. The van der Waals surface area contributed by atoms with Crippen LogP contribution in [0.1, 0.15) is 26.3 Å². The van der Waals surface area contributed by atoms with Crippen molar-refractivity contribution < 1.29 is 24.6 Å². The monoisotopic (exact) mass is 287 g/mol. The summed E-state index contributed by atoms with van der Waals surface area (Å²) in [6, 6.07) is 13.2. The first-order chi connectivity index (χ1) is 10.1. The number of rotatable bonds is 5. The molecule has 0 aromatic heterocycles. The van der Waals surface area contributed by atoms with Crippen molar-refractivity contribution in [2.75, 3.05) is 0 Å². The number of carbonyl (C=O) groups excluding carboxylic acids is 1. The van der Waals surface area contributed by atoms with Crippen molar-refractivity contribution in [2.45, 2.75) is 6.61 Å². The van der Waals surface area contributed by atoms with Gasteiger partial charge in [0.1, 0.15) is 12.4 Å². The largest absolute Gasteiger partial charge is 0.488 e. The Bertz CT molecular complexity index is 654. The predicted molar refractivity (Wildman–Crippen MR) is 73.4 cm³/mol. The summed E-state index contributed by atoms with van der Waals surface area (Å²) in [5, 5.41) is 17.7. The molecule has 0 saturated carbocycles. The molecule has 2 aromatic carbocycles. The zero-order valence-electron chi connectivity index (χ0n) is 10.9. The molecule has 6 heteroatoms. The first-order valence-electron chi connectivity index (χ1n) is 6.10. The lowest BCUT2D eigenvalue weighted by atomic mass is 10.1. The fourth-order valence-corrected chi connectivity index (χ4v) is 1.76. The average Bonchev–Trinajstić information content (AvgIpc) is 2.52. The molecule has 0 aliphatic carbocycles. The minimum atomic E-state index is -1.17. The lowest BCUT2D eigenvalue weighted by molar-refractivity contribution is 0.0695. The van der Waals surface area contributed by atoms with Crippen LogP contribution in [0.15, 0.2) is 48.5 Å². The summed E-state index contributed by atoms with van der Waals surface area (Å²) in [6.45, 7) is 0.221. The van der Waals surface area contributed by atoms with Gasteiger partial charge in [-0.3, -0.25) is 10.0 Å². The van der Waals surface area contributed by atoms with Crippen LogP contribution in [0.2, 0.25) is 0 Å². The highest BCUT2D eigenvalue weighted by Crippen LogP contribution is 2.21. The van der Waals surface area contributed by atoms with E-state index in [4.69, 9.17) is 15.1 Å². The zero-order valence-corrected chi connectivity index (χ0v) is 10.9. The number of amides is 1. The van der Waals surface area contributed by atoms with Crippen LogP contribution in [-0.4, -0.2) is 22.2 Å². The summed E-state index contributed by atoms with van der Waals surface area (Å²) in [7, 11) is 0. The Morgan fingerprint density at radius 3 is 2.43 bits per heavy atom. The van der Waals surface area contributed by atoms with Crippen molar-refractivity contribution in [1.82, 2.24) is 5.48 Å². The first-order valence-corrected chi connectivity index (χ1v) is 6.10. The molecule has 0 heterocycles. The third-order valence-electron chi connectivity index (χ3n) is 2.81. The maximum absolute atomic E-state index is 11.6. The number of hydrogen-bond donors (Lipinski definition) is 3. The van der Waals surface area contributed by atoms with Crippen LogP contribution >= 0.6 is 0 Å². The Balaban J connectivity index is 2.25. The summed E-state index contributed by atoms with van der Waals surface area (Å²) >= 11 is 0. The molecule has 0 saturated heterocycles. The second-order valence-corrected chi connectivity index (χ2v) is 4.23. The van der Waals surface area contributed by atoms with Crippen LogP contribution in [0.3, 0.4) is 0 Å². The lowest BCUT2D eigenvalue weighted by Crippen LogP contribution is -2.20. The van der Waals surface area contributed by atoms with Crippen LogP contribution in [-0.2, 0) is 6.61 Å². The van der Waals surface area contributed by atoms with Gasteiger partial charge in [-0.25, -0.2) is 10.3 Å². The van der Waals surface area contributed by atoms with Crippen molar-refractivity contribution in [3.8, 4) is 5.75 Å². The van der Waals surface area contributed by atoms with Crippen LogP contribution in [0.5, 0.6) is 5.75 Å². The highest BCUT2D eigenvalue weighted by atomic mass is 16.5. The van der Waals surface area contributed by atoms with E-state index >= 15 is 0 Å². The fourth-order valence-electron chi connectivity index (χ4n) is 1.76. The molecule has 1 amide bonds. The molecule has 21 heavy (non-hydrogen) atoms. The number of hydrogen-bond acceptors (Lipinski definition) is 4. The second kappa shape index (κ2) is 6.53. The molecule has 6 nitrogen and oxygen atoms in total. The molecule has 108 valence electrons. The summed E-state index contributed by atoms with van der Waals surface area (Å²) in [5.74, 6) is -1.81. The van der Waals surface area contributed by atoms with E-state index in [-0.39, 0.29) is 23.5 Å². The van der Waals surface area contributed by atoms with E-state index < -0.39 is 11.9 Å². The number of aromatic carboxylic acids is 1. The quantitative estimate of drug-likeness (QED) is 0.578. The molecule has 0 radical (unpaired) electrons. The predicted octanol–water partition coefficient (Wildman–Crippen LogP) is 2.08. The Kier molecular flexibility index (Phi) is 4.53. The van der Waals surface area contributed by atoms with Crippen molar-refractivity contribution in [3.63, 3.8) is 0 Å². The van der Waals surface area contributed by atoms with E-state index in [9.17, 15) is 9.59 Å². The van der Waals surface area contributed by atoms with Gasteiger partial charge in [0.25, 0.3) is 5.91 Å². The summed E-state index contributed by atoms with van der Waals surface area (Å²) in [5.41, 5.74) is 2.26. The van der Waals surface area contributed by atoms with Gasteiger partial charge in [0.2, 0.25) is 0 Å². The minimum Gasteiger partial charge on any atom is -0.488 e. The number of hydroxylamine groups is 1. The SMILES string of the molecule is O=C(O)c1ccc(OCc2ccccc2)c(C(=O)NO)c1. The highest BCUT2D eigenvalue weighted by Gasteiger charge is 2.15. The molecule has 3 N–H and O–H groups in total. The van der Waals surface area contributed by atoms with Gasteiger partial charge in [0.05, 0.1) is 11.1 Å². The van der Waals surface area contributed by atoms with Gasteiger partial charge in [0.15, 0.2) is 0 Å². The van der Waals surface area contributed by atoms with Crippen LogP contribution < -0.4 is 10.2 Å². The summed E-state index contributed by atoms with van der Waals surface area (Å²) < 4.78 is 5.52. The maximum Gasteiger partial charge on any atom is 0.335 e. The molecule has 2 rings (SSSR count). The second-order valence-electron chi connectivity index (χ2n) is 4.23. The molecule has 0 unspecified atom stereocenters. The number of nitrogens with one attached hydrogen (secondary N) is 1. The number of ether oxygens (including phenoxy) is 1. The van der Waals surface area contributed by atoms with Gasteiger partial charge >= 0.3 is 5.97 Å². The van der Waals surface area contributed by atoms with Gasteiger partial charge in [-0.05, 0) is 23.8 Å². The molecule has 0 aliphatic rings. The van der Waals surface area contributed by atoms with Crippen LogP contribution in [0, 0.1) is 0 Å². The fraction of sp³-hybridized carbons (Fsp3) is 0.0667. The number of benzene rings is 2. The van der Waals surface area contributed by atoms with E-state index in [0.29, 0.717) is 0 Å². The van der Waals surface area contributed by atoms with E-state index in [1.165, 1.54) is 17.6 Å². The van der Waals surface area contributed by atoms with Crippen molar-refractivity contribution >= 4 is 11.9 Å². The number of carboxylic acid groups (broad SMARTS) is 1. The van der Waals surface area contributed by atoms with Gasteiger partial charge < -0.3 is 9.84 Å². The van der Waals surface area contributed by atoms with Gasteiger partial charge in [0, 0.05) is 0 Å². The smallest absolute Gasteiger partial charge is 0.335 e. The topological polar surface area (TPSA) is 95.9 Å². The molecule has 0 aliphatic heterocycles. The van der Waals surface area contributed by atoms with Crippen molar-refractivity contribution in [1.29, 1.82) is 0 Å². The average molecular weight is 287 g/mol. The first kappa shape index (κ1) is 14.5. The summed E-state index contributed by atoms with van der Waals surface area (Å²) in [4.78, 5) is 22.5. The van der Waals surface area contributed by atoms with Crippen LogP contribution in [0.4, 0.5) is 0 Å². The third kappa shape index (κ3) is 3.58. The van der Waals surface area contributed by atoms with Crippen molar-refractivity contribution in [2.24, 2.45) is 0 Å². The van der Waals surface area contributed by atoms with E-state index in [0.717, 1.165) is 11.6 Å². The van der Waals surface area contributed by atoms with Gasteiger partial charge in [-0.1, -0.05) is 30.3 Å². The molecule has 2 aromatic rings. The Labute approximate surface area is 120 Å². The van der Waals surface area contributed by atoms with Gasteiger partial charge in [-0.15, -0.1) is 0 Å². The van der Waals surface area contributed by atoms with E-state index in [2.05, 4.69) is 0 Å². The summed E-state index contributed by atoms with van der Waals surface area (Å²) in [6.07, 6.45) is 0. The minimum absolute atomic E-state index is 0.0478. The number of carboxylic acids is 1. The van der Waals surface area contributed by atoms with Crippen LogP contribution in [0.25, 0.3) is 0 Å². The molecular formula is C15H13NO5. The van der Waals surface area contributed by atoms with E-state index in [1.807, 2.05) is 30.3 Å². The molecular weight excluding hydrogens is 274 g/mol. The van der Waals surface area contributed by atoms with Gasteiger partial charge in [-0.2, -0.15) is 0 Å². The number of carbonyl (C=O) groups is 2. The Morgan fingerprint density at radius 2 is 1.81 bits per heavy atom. The normalized spacial score (nSPS) is 9.95. The maximum atomic E-state index is 11.6. The highest BCUT2D eigenvalue weighted by molar-refractivity contribution is 5.99.